The van der Waals surface area contributed by atoms with Crippen LogP contribution in [0.3, 0.4) is 0 Å². The summed E-state index contributed by atoms with van der Waals surface area (Å²) in [7, 11) is 0. The van der Waals surface area contributed by atoms with Gasteiger partial charge < -0.3 is 20.3 Å². The maximum Gasteiger partial charge on any atom is 0.228 e. The molecule has 0 aliphatic carbocycles. The van der Waals surface area contributed by atoms with E-state index in [1.807, 2.05) is 0 Å². The van der Waals surface area contributed by atoms with Crippen LogP contribution in [0, 0.1) is 5.92 Å². The van der Waals surface area contributed by atoms with Gasteiger partial charge in [-0.25, -0.2) is 4.68 Å². The zero-order chi connectivity index (χ0) is 16.6. The van der Waals surface area contributed by atoms with E-state index in [0.29, 0.717) is 11.0 Å². The van der Waals surface area contributed by atoms with Crippen LogP contribution < -0.4 is 5.32 Å². The van der Waals surface area contributed by atoms with Crippen LogP contribution >= 0.6 is 0 Å². The second-order valence-corrected chi connectivity index (χ2v) is 5.72. The highest BCUT2D eigenvalue weighted by molar-refractivity contribution is 5.98. The Bertz CT molecular complexity index is 718. The zero-order valence-electron chi connectivity index (χ0n) is 12.7. The molecule has 3 rings (SSSR count). The van der Waals surface area contributed by atoms with Crippen LogP contribution in [0.2, 0.25) is 0 Å². The van der Waals surface area contributed by atoms with Gasteiger partial charge in [-0.15, -0.1) is 10.2 Å². The lowest BCUT2D eigenvalue weighted by atomic mass is 10.2. The third kappa shape index (κ3) is 2.87. The standard InChI is InChI=1S/C13H18N6O4/c1-6(2)13(22)15-11-7-4-14-19(12(7)17-18-16-11)10-3-8(21)9(5-20)23-10/h4,6,8-10,20-21H,3,5H2,1-2H3,(H,15,16,17,22)/t8-,9+,10+/m0/s1. The number of fused-ring (bicyclic) bond motifs is 1. The summed E-state index contributed by atoms with van der Waals surface area (Å²) in [6, 6.07) is 0. The predicted molar refractivity (Wildman–Crippen MR) is 78.2 cm³/mol. The van der Waals surface area contributed by atoms with E-state index in [0.717, 1.165) is 0 Å². The molecule has 0 spiro atoms. The molecule has 0 saturated carbocycles. The fraction of sp³-hybridized carbons (Fsp3) is 0.615. The molecule has 23 heavy (non-hydrogen) atoms. The Morgan fingerprint density at radius 1 is 1.52 bits per heavy atom. The second kappa shape index (κ2) is 6.14. The number of anilines is 1. The average Bonchev–Trinajstić information content (AvgIpc) is 3.10. The minimum atomic E-state index is -0.779. The van der Waals surface area contributed by atoms with Crippen molar-refractivity contribution in [2.24, 2.45) is 5.92 Å². The van der Waals surface area contributed by atoms with Crippen molar-refractivity contribution in [3.05, 3.63) is 6.20 Å². The van der Waals surface area contributed by atoms with Crippen molar-refractivity contribution >= 4 is 22.8 Å². The maximum absolute atomic E-state index is 11.8. The van der Waals surface area contributed by atoms with Crippen molar-refractivity contribution in [2.45, 2.75) is 38.7 Å². The number of aromatic nitrogens is 5. The van der Waals surface area contributed by atoms with Crippen LogP contribution in [-0.4, -0.2) is 60.1 Å². The molecule has 3 atom stereocenters. The molecule has 2 aromatic rings. The fourth-order valence-electron chi connectivity index (χ4n) is 2.38. The van der Waals surface area contributed by atoms with Gasteiger partial charge in [0.2, 0.25) is 5.91 Å². The molecule has 3 heterocycles. The van der Waals surface area contributed by atoms with Gasteiger partial charge in [0.05, 0.1) is 24.3 Å². The Hall–Kier alpha value is -2.17. The van der Waals surface area contributed by atoms with Crippen LogP contribution in [0.15, 0.2) is 6.20 Å². The number of nitrogens with one attached hydrogen (secondary N) is 1. The number of hydrogen-bond acceptors (Lipinski definition) is 8. The van der Waals surface area contributed by atoms with Crippen LogP contribution in [0.25, 0.3) is 11.0 Å². The molecule has 10 nitrogen and oxygen atoms in total. The number of aliphatic hydroxyl groups excluding tert-OH is 2. The van der Waals surface area contributed by atoms with Gasteiger partial charge >= 0.3 is 0 Å². The minimum absolute atomic E-state index is 0.188. The van der Waals surface area contributed by atoms with E-state index < -0.39 is 18.4 Å². The Morgan fingerprint density at radius 2 is 2.30 bits per heavy atom. The largest absolute Gasteiger partial charge is 0.394 e. The highest BCUT2D eigenvalue weighted by Crippen LogP contribution is 2.31. The lowest BCUT2D eigenvalue weighted by molar-refractivity contribution is -0.118. The lowest BCUT2D eigenvalue weighted by Gasteiger charge is -2.12. The fourth-order valence-corrected chi connectivity index (χ4v) is 2.38. The van der Waals surface area contributed by atoms with Gasteiger partial charge in [-0.1, -0.05) is 13.8 Å². The summed E-state index contributed by atoms with van der Waals surface area (Å²) in [6.45, 7) is 3.26. The van der Waals surface area contributed by atoms with Gasteiger partial charge in [-0.05, 0) is 5.21 Å². The first-order valence-electron chi connectivity index (χ1n) is 7.33. The van der Waals surface area contributed by atoms with Gasteiger partial charge in [0, 0.05) is 12.3 Å². The number of carbonyl (C=O) groups is 1. The Balaban J connectivity index is 1.91. The highest BCUT2D eigenvalue weighted by atomic mass is 16.5. The van der Waals surface area contributed by atoms with Gasteiger partial charge in [-0.3, -0.25) is 4.79 Å². The van der Waals surface area contributed by atoms with Crippen molar-refractivity contribution < 1.29 is 19.7 Å². The molecule has 1 aliphatic heterocycles. The highest BCUT2D eigenvalue weighted by Gasteiger charge is 2.36. The Labute approximate surface area is 131 Å². The summed E-state index contributed by atoms with van der Waals surface area (Å²) >= 11 is 0. The van der Waals surface area contributed by atoms with Crippen molar-refractivity contribution in [1.82, 2.24) is 25.2 Å². The van der Waals surface area contributed by atoms with Gasteiger partial charge in [0.1, 0.15) is 6.10 Å². The van der Waals surface area contributed by atoms with Crippen LogP contribution in [0.1, 0.15) is 26.5 Å². The molecular formula is C13H18N6O4. The quantitative estimate of drug-likeness (QED) is 0.682. The summed E-state index contributed by atoms with van der Waals surface area (Å²) < 4.78 is 7.03. The predicted octanol–water partition coefficient (Wildman–Crippen LogP) is -0.544. The molecule has 124 valence electrons. The number of amides is 1. The topological polar surface area (TPSA) is 135 Å². The molecule has 1 amide bonds. The molecular weight excluding hydrogens is 304 g/mol. The van der Waals surface area contributed by atoms with E-state index in [-0.39, 0.29) is 30.7 Å². The van der Waals surface area contributed by atoms with E-state index in [1.165, 1.54) is 10.9 Å². The van der Waals surface area contributed by atoms with Crippen molar-refractivity contribution in [3.8, 4) is 0 Å². The molecule has 0 aromatic carbocycles. The lowest BCUT2D eigenvalue weighted by Crippen LogP contribution is -2.24. The SMILES string of the molecule is CC(C)C(=O)Nc1nnnc2c1cnn2[C@H]1C[C@H](O)[C@@H](CO)O1. The molecule has 0 radical (unpaired) electrons. The molecule has 10 heteroatoms. The number of nitrogens with zero attached hydrogens (tertiary/aromatic N) is 5. The first-order chi connectivity index (χ1) is 11.0. The van der Waals surface area contributed by atoms with Crippen LogP contribution in [0.5, 0.6) is 0 Å². The summed E-state index contributed by atoms with van der Waals surface area (Å²) in [5, 5.41) is 37.8. The summed E-state index contributed by atoms with van der Waals surface area (Å²) in [5.41, 5.74) is 0.384. The van der Waals surface area contributed by atoms with E-state index in [1.54, 1.807) is 13.8 Å². The molecule has 1 aliphatic rings. The Kier molecular flexibility index (Phi) is 4.20. The van der Waals surface area contributed by atoms with E-state index in [9.17, 15) is 9.90 Å². The first kappa shape index (κ1) is 15.7. The number of aliphatic hydroxyl groups is 2. The monoisotopic (exact) mass is 322 g/mol. The number of hydrogen-bond donors (Lipinski definition) is 3. The molecule has 0 bridgehead atoms. The van der Waals surface area contributed by atoms with E-state index in [2.05, 4.69) is 25.8 Å². The number of rotatable bonds is 4. The van der Waals surface area contributed by atoms with Crippen LogP contribution in [-0.2, 0) is 9.53 Å². The normalized spacial score (nSPS) is 24.5. The van der Waals surface area contributed by atoms with Crippen molar-refractivity contribution in [3.63, 3.8) is 0 Å². The first-order valence-corrected chi connectivity index (χ1v) is 7.33. The van der Waals surface area contributed by atoms with Crippen molar-refractivity contribution in [2.75, 3.05) is 11.9 Å². The van der Waals surface area contributed by atoms with E-state index in [4.69, 9.17) is 9.84 Å². The summed E-state index contributed by atoms with van der Waals surface area (Å²) in [5.74, 6) is -0.113. The van der Waals surface area contributed by atoms with Crippen molar-refractivity contribution in [1.29, 1.82) is 0 Å². The molecule has 2 aromatic heterocycles. The molecule has 0 unspecified atom stereocenters. The summed E-state index contributed by atoms with van der Waals surface area (Å²) in [4.78, 5) is 11.8. The Morgan fingerprint density at radius 3 is 2.96 bits per heavy atom. The summed E-state index contributed by atoms with van der Waals surface area (Å²) in [6.07, 6.45) is -0.215. The third-order valence-corrected chi connectivity index (χ3v) is 3.73. The smallest absolute Gasteiger partial charge is 0.228 e. The molecule has 1 saturated heterocycles. The average molecular weight is 322 g/mol. The number of ether oxygens (including phenoxy) is 1. The minimum Gasteiger partial charge on any atom is -0.394 e. The van der Waals surface area contributed by atoms with Gasteiger partial charge in [0.15, 0.2) is 17.7 Å². The number of carbonyl (C=O) groups excluding carboxylic acids is 1. The molecule has 3 N–H and O–H groups in total. The van der Waals surface area contributed by atoms with Crippen LogP contribution in [0.4, 0.5) is 5.82 Å². The second-order valence-electron chi connectivity index (χ2n) is 5.72. The maximum atomic E-state index is 11.8. The zero-order valence-corrected chi connectivity index (χ0v) is 12.7. The van der Waals surface area contributed by atoms with Gasteiger partial charge in [0.25, 0.3) is 0 Å². The van der Waals surface area contributed by atoms with E-state index >= 15 is 0 Å². The third-order valence-electron chi connectivity index (χ3n) is 3.73. The molecule has 1 fully saturated rings. The van der Waals surface area contributed by atoms with Gasteiger partial charge in [-0.2, -0.15) is 5.10 Å².